The number of allylic oxidation sites excluding steroid dienone is 4. The van der Waals surface area contributed by atoms with Crippen molar-refractivity contribution in [1.82, 2.24) is 28.7 Å². The molecule has 0 fully saturated rings. The van der Waals surface area contributed by atoms with Gasteiger partial charge in [-0.25, -0.2) is 4.98 Å². The van der Waals surface area contributed by atoms with Crippen LogP contribution in [0.25, 0.3) is 99.7 Å². The molecule has 4 aromatic heterocycles. The minimum atomic E-state index is 0.601. The Kier molecular flexibility index (Phi) is 6.95. The Morgan fingerprint density at radius 2 is 0.930 bits per heavy atom. The molecule has 1 aliphatic rings. The summed E-state index contributed by atoms with van der Waals surface area (Å²) in [6.45, 7) is 0. The number of hydrogen-bond acceptors (Lipinski definition) is 3. The van der Waals surface area contributed by atoms with E-state index in [9.17, 15) is 0 Å². The highest BCUT2D eigenvalue weighted by atomic mass is 15.2. The van der Waals surface area contributed by atoms with Gasteiger partial charge in [-0.1, -0.05) is 133 Å². The number of rotatable bonds is 5. The lowest BCUT2D eigenvalue weighted by molar-refractivity contribution is 0.927. The topological polar surface area (TPSA) is 53.5 Å². The molecule has 0 aliphatic heterocycles. The van der Waals surface area contributed by atoms with E-state index >= 15 is 0 Å². The van der Waals surface area contributed by atoms with Crippen molar-refractivity contribution in [2.75, 3.05) is 0 Å². The van der Waals surface area contributed by atoms with Crippen LogP contribution in [0, 0.1) is 0 Å². The van der Waals surface area contributed by atoms with Gasteiger partial charge in [-0.05, 0) is 61.4 Å². The van der Waals surface area contributed by atoms with Gasteiger partial charge in [0.05, 0.1) is 33.1 Å². The number of aromatic nitrogens is 6. The second kappa shape index (κ2) is 12.5. The Morgan fingerprint density at radius 3 is 1.58 bits per heavy atom. The van der Waals surface area contributed by atoms with E-state index in [1.54, 1.807) is 0 Å². The van der Waals surface area contributed by atoms with Crippen LogP contribution in [0.4, 0.5) is 0 Å². The van der Waals surface area contributed by atoms with Crippen molar-refractivity contribution in [3.05, 3.63) is 188 Å². The molecule has 12 rings (SSSR count). The number of para-hydroxylation sites is 4. The van der Waals surface area contributed by atoms with Crippen LogP contribution < -0.4 is 0 Å². The molecule has 0 atom stereocenters. The van der Waals surface area contributed by atoms with Gasteiger partial charge in [-0.2, -0.15) is 9.97 Å². The third-order valence-corrected chi connectivity index (χ3v) is 11.5. The first-order valence-corrected chi connectivity index (χ1v) is 19.5. The summed E-state index contributed by atoms with van der Waals surface area (Å²) in [5.74, 6) is 1.94. The molecule has 57 heavy (non-hydrogen) atoms. The number of fused-ring (bicyclic) bond motifs is 10. The Hall–Kier alpha value is -7.57. The highest BCUT2D eigenvalue weighted by Crippen LogP contribution is 2.42. The first-order valence-electron chi connectivity index (χ1n) is 19.5. The van der Waals surface area contributed by atoms with E-state index < -0.39 is 0 Å². The lowest BCUT2D eigenvalue weighted by Gasteiger charge is -2.13. The highest BCUT2D eigenvalue weighted by Gasteiger charge is 2.23. The molecule has 268 valence electrons. The SMILES string of the molecule is C1=CC(c2nc(-c3ccccc3)nc(-n3c4ccccc4c4cc(-n5c6ccccc6c6ccc7c8ccccc8n(-c8ccccc8)c7c65)ccc43)n2)=CCC1. The number of nitrogens with zero attached hydrogens (tertiary/aromatic N) is 6. The molecular weight excluding hydrogens is 697 g/mol. The van der Waals surface area contributed by atoms with E-state index in [2.05, 4.69) is 178 Å². The summed E-state index contributed by atoms with van der Waals surface area (Å²) < 4.78 is 7.11. The molecule has 0 saturated heterocycles. The first-order chi connectivity index (χ1) is 28.3. The number of benzene rings is 7. The minimum Gasteiger partial charge on any atom is -0.307 e. The zero-order valence-electron chi connectivity index (χ0n) is 30.9. The minimum absolute atomic E-state index is 0.601. The molecule has 0 N–H and O–H groups in total. The molecule has 4 heterocycles. The van der Waals surface area contributed by atoms with Crippen molar-refractivity contribution >= 4 is 71.0 Å². The van der Waals surface area contributed by atoms with Crippen LogP contribution in [0.15, 0.2) is 182 Å². The number of hydrogen-bond donors (Lipinski definition) is 0. The van der Waals surface area contributed by atoms with E-state index in [1.807, 2.05) is 18.2 Å². The molecule has 0 amide bonds. The molecule has 0 spiro atoms. The molecule has 0 radical (unpaired) electrons. The maximum atomic E-state index is 5.19. The normalized spacial score (nSPS) is 13.2. The highest BCUT2D eigenvalue weighted by molar-refractivity contribution is 6.24. The molecule has 0 unspecified atom stereocenters. The molecule has 6 heteroatoms. The summed E-state index contributed by atoms with van der Waals surface area (Å²) >= 11 is 0. The third-order valence-electron chi connectivity index (χ3n) is 11.5. The summed E-state index contributed by atoms with van der Waals surface area (Å²) in [5, 5.41) is 7.17. The molecule has 7 aromatic carbocycles. The lowest BCUT2D eigenvalue weighted by atomic mass is 10.1. The van der Waals surface area contributed by atoms with Crippen molar-refractivity contribution in [2.45, 2.75) is 12.8 Å². The van der Waals surface area contributed by atoms with E-state index in [-0.39, 0.29) is 0 Å². The lowest BCUT2D eigenvalue weighted by Crippen LogP contribution is -2.08. The van der Waals surface area contributed by atoms with E-state index in [1.165, 1.54) is 38.1 Å². The second-order valence-corrected chi connectivity index (χ2v) is 14.7. The zero-order valence-corrected chi connectivity index (χ0v) is 30.9. The van der Waals surface area contributed by atoms with Crippen molar-refractivity contribution in [1.29, 1.82) is 0 Å². The Labute approximate surface area is 327 Å². The summed E-state index contributed by atoms with van der Waals surface area (Å²) in [5.41, 5.74) is 11.0. The summed E-state index contributed by atoms with van der Waals surface area (Å²) in [7, 11) is 0. The van der Waals surface area contributed by atoms with Crippen molar-refractivity contribution in [2.24, 2.45) is 0 Å². The van der Waals surface area contributed by atoms with Crippen LogP contribution in [-0.2, 0) is 0 Å². The van der Waals surface area contributed by atoms with Crippen LogP contribution in [-0.4, -0.2) is 28.7 Å². The van der Waals surface area contributed by atoms with E-state index in [0.29, 0.717) is 17.6 Å². The van der Waals surface area contributed by atoms with Crippen LogP contribution in [0.3, 0.4) is 0 Å². The van der Waals surface area contributed by atoms with Crippen LogP contribution >= 0.6 is 0 Å². The van der Waals surface area contributed by atoms with Gasteiger partial charge in [0.2, 0.25) is 5.95 Å². The van der Waals surface area contributed by atoms with Crippen molar-refractivity contribution < 1.29 is 0 Å². The Balaban J connectivity index is 1.16. The second-order valence-electron chi connectivity index (χ2n) is 14.7. The Bertz CT molecular complexity index is 3450. The quantitative estimate of drug-likeness (QED) is 0.177. The molecule has 0 saturated carbocycles. The van der Waals surface area contributed by atoms with Gasteiger partial charge in [0.25, 0.3) is 0 Å². The predicted molar refractivity (Wildman–Crippen MR) is 235 cm³/mol. The molecular formula is C51H34N6. The largest absolute Gasteiger partial charge is 0.307 e. The van der Waals surface area contributed by atoms with Gasteiger partial charge in [0.1, 0.15) is 0 Å². The fourth-order valence-electron chi connectivity index (χ4n) is 9.02. The van der Waals surface area contributed by atoms with Crippen molar-refractivity contribution in [3.63, 3.8) is 0 Å². The maximum absolute atomic E-state index is 5.19. The molecule has 1 aliphatic carbocycles. The van der Waals surface area contributed by atoms with Crippen molar-refractivity contribution in [3.8, 4) is 28.7 Å². The van der Waals surface area contributed by atoms with Crippen LogP contribution in [0.5, 0.6) is 0 Å². The molecule has 0 bridgehead atoms. The maximum Gasteiger partial charge on any atom is 0.238 e. The summed E-state index contributed by atoms with van der Waals surface area (Å²) in [4.78, 5) is 15.4. The van der Waals surface area contributed by atoms with Gasteiger partial charge >= 0.3 is 0 Å². The van der Waals surface area contributed by atoms with E-state index in [4.69, 9.17) is 15.0 Å². The van der Waals surface area contributed by atoms with Crippen LogP contribution in [0.2, 0.25) is 0 Å². The van der Waals surface area contributed by atoms with Gasteiger partial charge in [-0.15, -0.1) is 0 Å². The van der Waals surface area contributed by atoms with Gasteiger partial charge in [0.15, 0.2) is 11.6 Å². The predicted octanol–water partition coefficient (Wildman–Crippen LogP) is 12.6. The molecule has 11 aromatic rings. The van der Waals surface area contributed by atoms with E-state index in [0.717, 1.165) is 62.7 Å². The smallest absolute Gasteiger partial charge is 0.238 e. The van der Waals surface area contributed by atoms with Gasteiger partial charge in [-0.3, -0.25) is 4.57 Å². The average Bonchev–Trinajstić information content (AvgIpc) is 3.93. The summed E-state index contributed by atoms with van der Waals surface area (Å²) in [6.07, 6.45) is 8.55. The zero-order chi connectivity index (χ0) is 37.5. The third kappa shape index (κ3) is 4.80. The molecule has 6 nitrogen and oxygen atoms in total. The fourth-order valence-corrected chi connectivity index (χ4v) is 9.02. The summed E-state index contributed by atoms with van der Waals surface area (Å²) in [6, 6.07) is 58.5. The van der Waals surface area contributed by atoms with Gasteiger partial charge < -0.3 is 9.13 Å². The average molecular weight is 731 g/mol. The monoisotopic (exact) mass is 730 g/mol. The van der Waals surface area contributed by atoms with Crippen LogP contribution in [0.1, 0.15) is 18.7 Å². The van der Waals surface area contributed by atoms with Gasteiger partial charge in [0, 0.05) is 54.8 Å². The Morgan fingerprint density at radius 1 is 0.386 bits per heavy atom. The standard InChI is InChI=1S/C51H34N6/c1-4-16-33(17-5-1)49-52-50(34-18-6-2-7-19-34)54-51(53-49)57-45-27-15-12-24-39(45)42-32-36(28-31-46(42)57)56-44-26-14-11-23-38(44)41-30-29-40-37-22-10-13-25-43(37)55(47(40)48(41)56)35-20-8-3-9-21-35/h1,3-6,8-32H,2,7H2. The first kappa shape index (κ1) is 31.7. The fraction of sp³-hybridized carbons (Fsp3) is 0.0392.